The number of ketones is 1. The van der Waals surface area contributed by atoms with Crippen LogP contribution in [-0.4, -0.2) is 122 Å². The highest BCUT2D eigenvalue weighted by atomic mass is 19.4. The zero-order valence-electron chi connectivity index (χ0n) is 41.9. The van der Waals surface area contributed by atoms with Crippen molar-refractivity contribution >= 4 is 29.8 Å². The summed E-state index contributed by atoms with van der Waals surface area (Å²) in [7, 11) is 4.52. The second kappa shape index (κ2) is 19.0. The van der Waals surface area contributed by atoms with Crippen LogP contribution in [0, 0.1) is 17.3 Å². The van der Waals surface area contributed by atoms with Gasteiger partial charge in [-0.05, 0) is 85.9 Å². The Labute approximate surface area is 424 Å². The van der Waals surface area contributed by atoms with Gasteiger partial charge < -0.3 is 58.7 Å². The minimum atomic E-state index is -4.85. The smallest absolute Gasteiger partial charge is 0.435 e. The number of hydrogen-bond donors (Lipinski definition) is 2. The number of esters is 1. The number of alkyl halides is 3. The van der Waals surface area contributed by atoms with Crippen molar-refractivity contribution in [2.45, 2.75) is 102 Å². The van der Waals surface area contributed by atoms with Crippen LogP contribution in [0.3, 0.4) is 0 Å². The molecule has 3 aliphatic heterocycles. The van der Waals surface area contributed by atoms with Crippen LogP contribution >= 0.6 is 0 Å². The topological polar surface area (TPSA) is 222 Å². The fourth-order valence-electron chi connectivity index (χ4n) is 11.9. The second-order valence-corrected chi connectivity index (χ2v) is 21.0. The highest BCUT2D eigenvalue weighted by molar-refractivity contribution is 6.00. The lowest BCUT2D eigenvalue weighted by molar-refractivity contribution is -0.142. The monoisotopic (exact) mass is 1030 g/mol. The van der Waals surface area contributed by atoms with Crippen molar-refractivity contribution in [2.24, 2.45) is 23.0 Å². The van der Waals surface area contributed by atoms with Gasteiger partial charge in [-0.1, -0.05) is 19.9 Å². The summed E-state index contributed by atoms with van der Waals surface area (Å²) in [4.78, 5) is 70.2. The number of hydrogen-bond acceptors (Lipinski definition) is 15. The Bertz CT molecular complexity index is 2840. The average Bonchev–Trinajstić information content (AvgIpc) is 4.12. The van der Waals surface area contributed by atoms with Gasteiger partial charge >= 0.3 is 24.3 Å². The number of allylic oxidation sites excluding steroid dienone is 2. The number of carbonyl (C=O) groups excluding carboxylic acids is 5. The van der Waals surface area contributed by atoms with Gasteiger partial charge in [-0.25, -0.2) is 9.59 Å². The number of nitrogens with one attached hydrogen (secondary N) is 1. The van der Waals surface area contributed by atoms with Gasteiger partial charge in [0.2, 0.25) is 18.4 Å². The lowest BCUT2D eigenvalue weighted by Crippen LogP contribution is -2.52. The summed E-state index contributed by atoms with van der Waals surface area (Å²) in [6, 6.07) is 7.00. The molecule has 2 aromatic carbocycles. The quantitative estimate of drug-likeness (QED) is 0.160. The third kappa shape index (κ3) is 9.06. The zero-order valence-corrected chi connectivity index (χ0v) is 41.9. The molecule has 3 N–H and O–H groups in total. The molecule has 1 saturated carbocycles. The van der Waals surface area contributed by atoms with Crippen LogP contribution in [0.1, 0.15) is 110 Å². The summed E-state index contributed by atoms with van der Waals surface area (Å²) in [5.74, 6) is -1.55. The van der Waals surface area contributed by atoms with Crippen molar-refractivity contribution < 1.29 is 75.0 Å². The van der Waals surface area contributed by atoms with Crippen molar-refractivity contribution in [3.05, 3.63) is 81.3 Å². The molecule has 0 spiro atoms. The normalized spacial score (nSPS) is 26.9. The van der Waals surface area contributed by atoms with Crippen LogP contribution in [0.2, 0.25) is 0 Å². The Kier molecular flexibility index (Phi) is 12.9. The van der Waals surface area contributed by atoms with Gasteiger partial charge in [-0.3, -0.25) is 19.1 Å². The van der Waals surface area contributed by atoms with Gasteiger partial charge in [0.1, 0.15) is 12.2 Å². The molecule has 7 aliphatic rings. The van der Waals surface area contributed by atoms with Crippen molar-refractivity contribution in [2.75, 3.05) is 60.9 Å². The first-order valence-corrected chi connectivity index (χ1v) is 24.7. The Hall–Kier alpha value is -7.13. The Morgan fingerprint density at radius 2 is 1.43 bits per heavy atom. The van der Waals surface area contributed by atoms with E-state index in [1.807, 2.05) is 19.9 Å². The summed E-state index contributed by atoms with van der Waals surface area (Å²) < 4.78 is 90.7. The molecule has 3 amide bonds. The van der Waals surface area contributed by atoms with Crippen LogP contribution < -0.4 is 34.7 Å². The van der Waals surface area contributed by atoms with Crippen LogP contribution in [-0.2, 0) is 41.9 Å². The number of aromatic nitrogens is 2. The molecule has 2 saturated heterocycles. The highest BCUT2D eigenvalue weighted by Gasteiger charge is 2.55. The van der Waals surface area contributed by atoms with E-state index in [4.69, 9.17) is 43.6 Å². The van der Waals surface area contributed by atoms with Gasteiger partial charge in [-0.2, -0.15) is 18.3 Å². The predicted molar refractivity (Wildman–Crippen MR) is 254 cm³/mol. The van der Waals surface area contributed by atoms with E-state index >= 15 is 0 Å². The van der Waals surface area contributed by atoms with Crippen LogP contribution in [0.15, 0.2) is 47.7 Å². The van der Waals surface area contributed by atoms with E-state index < -0.39 is 88.2 Å². The first-order valence-electron chi connectivity index (χ1n) is 24.7. The Morgan fingerprint density at radius 1 is 0.811 bits per heavy atom. The summed E-state index contributed by atoms with van der Waals surface area (Å²) >= 11 is 0. The number of carbonyl (C=O) groups is 5. The molecule has 74 heavy (non-hydrogen) atoms. The summed E-state index contributed by atoms with van der Waals surface area (Å²) in [5.41, 5.74) is 5.27. The molecule has 19 nitrogen and oxygen atoms in total. The Morgan fingerprint density at radius 3 is 2.03 bits per heavy atom. The fraction of sp³-hybridized carbons (Fsp3) is 0.538. The number of ether oxygens (including phenoxy) is 8. The number of amides is 3. The summed E-state index contributed by atoms with van der Waals surface area (Å²) in [5, 5.41) is 7.47. The standard InChI is InChI=1S/C52H59F3N6O13/c1-50(2)22-34-42(35(62)23-50)45(52(53,54)55)58-61(34)51(3)12-11-29(46(56)63)33(21-51)57-27-7-9-28(10-8-27)73-48(65)59-13-15-60(16-14-59)49(66)74-43-31-20-37-36(71-25-72-37)19-30(31)40(41-32(43)24-70-47(41)64)26-17-38(67-4)44(69-6)39(18-26)68-5/h11-12,17-20,27-28,32,40-41,43,57H,7-10,13-16,21-25H2,1-6H3,(H2,56,63)/t27?,28?,32-,40+,41-,43+,51?/m0/s1. The lowest BCUT2D eigenvalue weighted by Gasteiger charge is -2.40. The largest absolute Gasteiger partial charge is 0.493 e. The number of halogens is 3. The molecule has 0 radical (unpaired) electrons. The molecule has 1 aromatic heterocycles. The number of fused-ring (bicyclic) bond motifs is 4. The number of primary amides is 1. The molecule has 10 rings (SSSR count). The maximum atomic E-state index is 14.3. The minimum Gasteiger partial charge on any atom is -0.493 e. The maximum absolute atomic E-state index is 14.3. The summed E-state index contributed by atoms with van der Waals surface area (Å²) in [6.45, 7) is 6.03. The fourth-order valence-corrected chi connectivity index (χ4v) is 11.9. The molecule has 4 heterocycles. The van der Waals surface area contributed by atoms with Gasteiger partial charge in [0, 0.05) is 68.2 Å². The number of cyclic esters (lactones) is 1. The predicted octanol–water partition coefficient (Wildman–Crippen LogP) is 6.69. The average molecular weight is 1030 g/mol. The van der Waals surface area contributed by atoms with Crippen molar-refractivity contribution in [1.82, 2.24) is 24.9 Å². The molecule has 22 heteroatoms. The molecule has 3 aromatic rings. The molecule has 1 unspecified atom stereocenters. The third-order valence-corrected chi connectivity index (χ3v) is 15.5. The van der Waals surface area contributed by atoms with E-state index in [0.29, 0.717) is 76.8 Å². The van der Waals surface area contributed by atoms with E-state index in [-0.39, 0.29) is 76.2 Å². The van der Waals surface area contributed by atoms with E-state index in [9.17, 15) is 37.1 Å². The number of methoxy groups -OCH3 is 3. The molecule has 3 fully saturated rings. The molecule has 5 atom stereocenters. The van der Waals surface area contributed by atoms with Crippen molar-refractivity contribution in [3.63, 3.8) is 0 Å². The van der Waals surface area contributed by atoms with Crippen LogP contribution in [0.4, 0.5) is 22.8 Å². The summed E-state index contributed by atoms with van der Waals surface area (Å²) in [6.07, 6.45) is -1.94. The lowest BCUT2D eigenvalue weighted by atomic mass is 9.66. The molecular formula is C52H59F3N6O13. The molecule has 0 bridgehead atoms. The number of rotatable bonds is 10. The molecule has 4 aliphatic carbocycles. The van der Waals surface area contributed by atoms with Gasteiger partial charge in [0.05, 0.1) is 56.2 Å². The first-order chi connectivity index (χ1) is 35.2. The van der Waals surface area contributed by atoms with Gasteiger partial charge in [0.25, 0.3) is 0 Å². The number of nitrogens with two attached hydrogens (primary N) is 1. The van der Waals surface area contributed by atoms with Crippen LogP contribution in [0.25, 0.3) is 0 Å². The van der Waals surface area contributed by atoms with Gasteiger partial charge in [-0.15, -0.1) is 0 Å². The number of nitrogens with zero attached hydrogens (tertiary/aromatic N) is 4. The second-order valence-electron chi connectivity index (χ2n) is 21.0. The van der Waals surface area contributed by atoms with E-state index in [1.54, 1.807) is 31.2 Å². The maximum Gasteiger partial charge on any atom is 0.435 e. The van der Waals surface area contributed by atoms with Gasteiger partial charge in [0.15, 0.2) is 34.5 Å². The van der Waals surface area contributed by atoms with E-state index in [1.165, 1.54) is 41.9 Å². The number of benzene rings is 2. The van der Waals surface area contributed by atoms with E-state index in [2.05, 4.69) is 10.4 Å². The number of piperazine rings is 1. The highest BCUT2D eigenvalue weighted by Crippen LogP contribution is 2.57. The van der Waals surface area contributed by atoms with Crippen molar-refractivity contribution in [1.29, 1.82) is 0 Å². The zero-order chi connectivity index (χ0) is 52.6. The van der Waals surface area contributed by atoms with Crippen molar-refractivity contribution in [3.8, 4) is 28.7 Å². The van der Waals surface area contributed by atoms with E-state index in [0.717, 1.165) is 0 Å². The van der Waals surface area contributed by atoms with Crippen LogP contribution in [0.5, 0.6) is 28.7 Å². The molecule has 396 valence electrons. The SMILES string of the molecule is COc1cc([C@@H]2c3cc4c(cc3[C@@H](OC(=O)N3CCN(C(=O)OC5CCC(NC6=C(C(N)=O)C=CC(C)(n7nc(C(F)(F)F)c8c7CC(C)(C)CC8=O)C6)CC5)CC3)[C@H]3COC(=O)[C@H]23)OCO4)cc(OC)c1OC. The minimum absolute atomic E-state index is 0.00226. The third-order valence-electron chi connectivity index (χ3n) is 15.5. The number of Topliss-reactive ketones (excluding diaryl/α,β-unsaturated/α-hetero) is 1. The molecular weight excluding hydrogens is 974 g/mol. The first kappa shape index (κ1) is 50.4. The Balaban J connectivity index is 0.769.